The van der Waals surface area contributed by atoms with Gasteiger partial charge in [0.1, 0.15) is 0 Å². The fourth-order valence-electron chi connectivity index (χ4n) is 1.93. The van der Waals surface area contributed by atoms with Crippen LogP contribution < -0.4 is 5.32 Å². The van der Waals surface area contributed by atoms with Crippen molar-refractivity contribution in [3.8, 4) is 0 Å². The standard InChI is InChI=1S/C11H18N4O2/c1-2-12-11-13-4-3-8(14-11)5-15-6-9(16)10(17)7-15/h3-4,9-10,16-17H,2,5-7H2,1H3,(H,12,13,14). The van der Waals surface area contributed by atoms with Crippen molar-refractivity contribution in [2.24, 2.45) is 0 Å². The highest BCUT2D eigenvalue weighted by Gasteiger charge is 2.29. The van der Waals surface area contributed by atoms with Crippen molar-refractivity contribution >= 4 is 5.95 Å². The molecule has 1 saturated heterocycles. The molecule has 1 aliphatic heterocycles. The van der Waals surface area contributed by atoms with Gasteiger partial charge in [-0.3, -0.25) is 4.90 Å². The highest BCUT2D eigenvalue weighted by atomic mass is 16.3. The van der Waals surface area contributed by atoms with Crippen LogP contribution in [0.15, 0.2) is 12.3 Å². The number of aliphatic hydroxyl groups excluding tert-OH is 2. The van der Waals surface area contributed by atoms with Crippen molar-refractivity contribution in [1.29, 1.82) is 0 Å². The minimum atomic E-state index is -0.648. The summed E-state index contributed by atoms with van der Waals surface area (Å²) in [6, 6.07) is 1.85. The van der Waals surface area contributed by atoms with Gasteiger partial charge in [0.05, 0.1) is 17.9 Å². The average molecular weight is 238 g/mol. The second-order valence-electron chi connectivity index (χ2n) is 4.23. The molecule has 0 radical (unpaired) electrons. The van der Waals surface area contributed by atoms with Gasteiger partial charge in [-0.2, -0.15) is 0 Å². The highest BCUT2D eigenvalue weighted by Crippen LogP contribution is 2.13. The molecule has 0 aromatic carbocycles. The van der Waals surface area contributed by atoms with Gasteiger partial charge >= 0.3 is 0 Å². The molecule has 0 spiro atoms. The zero-order chi connectivity index (χ0) is 12.3. The molecule has 0 bridgehead atoms. The van der Waals surface area contributed by atoms with Crippen LogP contribution in [0.4, 0.5) is 5.95 Å². The maximum Gasteiger partial charge on any atom is 0.222 e. The maximum atomic E-state index is 9.45. The Balaban J connectivity index is 1.97. The summed E-state index contributed by atoms with van der Waals surface area (Å²) in [4.78, 5) is 10.4. The largest absolute Gasteiger partial charge is 0.389 e. The summed E-state index contributed by atoms with van der Waals surface area (Å²) >= 11 is 0. The van der Waals surface area contributed by atoms with Crippen LogP contribution in [0.1, 0.15) is 12.6 Å². The van der Waals surface area contributed by atoms with Gasteiger partial charge in [0.15, 0.2) is 0 Å². The van der Waals surface area contributed by atoms with E-state index in [0.29, 0.717) is 25.6 Å². The first-order chi connectivity index (χ1) is 8.19. The molecule has 2 rings (SSSR count). The third-order valence-corrected chi connectivity index (χ3v) is 2.77. The molecular weight excluding hydrogens is 220 g/mol. The molecule has 1 aromatic rings. The number of hydrogen-bond donors (Lipinski definition) is 3. The van der Waals surface area contributed by atoms with Crippen LogP contribution in [-0.2, 0) is 6.54 Å². The van der Waals surface area contributed by atoms with Gasteiger partial charge in [-0.25, -0.2) is 9.97 Å². The van der Waals surface area contributed by atoms with Crippen molar-refractivity contribution in [2.45, 2.75) is 25.7 Å². The number of likely N-dealkylation sites (tertiary alicyclic amines) is 1. The summed E-state index contributed by atoms with van der Waals surface area (Å²) in [5.41, 5.74) is 0.886. The Kier molecular flexibility index (Phi) is 3.88. The second kappa shape index (κ2) is 5.39. The summed E-state index contributed by atoms with van der Waals surface area (Å²) in [6.45, 7) is 4.37. The molecule has 1 aliphatic rings. The number of rotatable bonds is 4. The van der Waals surface area contributed by atoms with Gasteiger partial charge in [-0.15, -0.1) is 0 Å². The Hall–Kier alpha value is -1.24. The van der Waals surface area contributed by atoms with Crippen molar-refractivity contribution in [2.75, 3.05) is 25.0 Å². The van der Waals surface area contributed by atoms with Crippen LogP contribution in [0, 0.1) is 0 Å². The summed E-state index contributed by atoms with van der Waals surface area (Å²) in [7, 11) is 0. The lowest BCUT2D eigenvalue weighted by Gasteiger charge is -2.14. The number of β-amino-alcohol motifs (C(OH)–C–C–N with tert-alkyl or cyclic N) is 2. The monoisotopic (exact) mass is 238 g/mol. The van der Waals surface area contributed by atoms with E-state index in [0.717, 1.165) is 12.2 Å². The molecule has 2 unspecified atom stereocenters. The molecule has 0 aliphatic carbocycles. The average Bonchev–Trinajstić information content (AvgIpc) is 2.59. The van der Waals surface area contributed by atoms with Crippen molar-refractivity contribution < 1.29 is 10.2 Å². The van der Waals surface area contributed by atoms with Crippen molar-refractivity contribution in [3.63, 3.8) is 0 Å². The molecule has 0 saturated carbocycles. The van der Waals surface area contributed by atoms with Gasteiger partial charge in [0.25, 0.3) is 0 Å². The smallest absolute Gasteiger partial charge is 0.222 e. The molecule has 1 aromatic heterocycles. The van der Waals surface area contributed by atoms with Gasteiger partial charge in [0, 0.05) is 32.4 Å². The quantitative estimate of drug-likeness (QED) is 0.653. The second-order valence-corrected chi connectivity index (χ2v) is 4.23. The molecule has 2 atom stereocenters. The van der Waals surface area contributed by atoms with Crippen LogP contribution in [0.2, 0.25) is 0 Å². The Morgan fingerprint density at radius 3 is 2.76 bits per heavy atom. The van der Waals surface area contributed by atoms with Crippen LogP contribution >= 0.6 is 0 Å². The summed E-state index contributed by atoms with van der Waals surface area (Å²) < 4.78 is 0. The Morgan fingerprint density at radius 1 is 1.41 bits per heavy atom. The Bertz CT molecular complexity index is 364. The molecule has 6 heteroatoms. The first kappa shape index (κ1) is 12.2. The molecule has 3 N–H and O–H groups in total. The SMILES string of the molecule is CCNc1nccc(CN2CC(O)C(O)C2)n1. The normalized spacial score (nSPS) is 25.1. The van der Waals surface area contributed by atoms with E-state index in [1.54, 1.807) is 6.20 Å². The molecule has 94 valence electrons. The van der Waals surface area contributed by atoms with Gasteiger partial charge in [-0.1, -0.05) is 0 Å². The zero-order valence-corrected chi connectivity index (χ0v) is 9.87. The first-order valence-corrected chi connectivity index (χ1v) is 5.83. The summed E-state index contributed by atoms with van der Waals surface area (Å²) in [5, 5.41) is 21.9. The fraction of sp³-hybridized carbons (Fsp3) is 0.636. The van der Waals surface area contributed by atoms with Crippen LogP contribution in [0.5, 0.6) is 0 Å². The van der Waals surface area contributed by atoms with E-state index < -0.39 is 12.2 Å². The number of aromatic nitrogens is 2. The van der Waals surface area contributed by atoms with Crippen LogP contribution in [0.3, 0.4) is 0 Å². The topological polar surface area (TPSA) is 81.5 Å². The summed E-state index contributed by atoms with van der Waals surface area (Å²) in [6.07, 6.45) is 0.415. The number of anilines is 1. The number of nitrogens with one attached hydrogen (secondary N) is 1. The van der Waals surface area contributed by atoms with Gasteiger partial charge in [-0.05, 0) is 13.0 Å². The van der Waals surface area contributed by atoms with E-state index in [1.165, 1.54) is 0 Å². The number of aliphatic hydroxyl groups is 2. The molecular formula is C11H18N4O2. The van der Waals surface area contributed by atoms with E-state index in [4.69, 9.17) is 0 Å². The highest BCUT2D eigenvalue weighted by molar-refractivity contribution is 5.24. The molecule has 17 heavy (non-hydrogen) atoms. The zero-order valence-electron chi connectivity index (χ0n) is 9.87. The lowest BCUT2D eigenvalue weighted by Crippen LogP contribution is -2.22. The van der Waals surface area contributed by atoms with Crippen molar-refractivity contribution in [3.05, 3.63) is 18.0 Å². The minimum absolute atomic E-state index is 0.488. The maximum absolute atomic E-state index is 9.45. The van der Waals surface area contributed by atoms with E-state index in [-0.39, 0.29) is 0 Å². The summed E-state index contributed by atoms with van der Waals surface area (Å²) in [5.74, 6) is 0.616. The van der Waals surface area contributed by atoms with Gasteiger partial charge < -0.3 is 15.5 Å². The van der Waals surface area contributed by atoms with E-state index in [1.807, 2.05) is 17.9 Å². The minimum Gasteiger partial charge on any atom is -0.389 e. The lowest BCUT2D eigenvalue weighted by atomic mass is 10.3. The third kappa shape index (κ3) is 3.12. The molecule has 0 amide bonds. The Morgan fingerprint density at radius 2 is 2.12 bits per heavy atom. The van der Waals surface area contributed by atoms with E-state index in [2.05, 4.69) is 15.3 Å². The Labute approximate surface area is 100 Å². The first-order valence-electron chi connectivity index (χ1n) is 5.83. The number of hydrogen-bond acceptors (Lipinski definition) is 6. The third-order valence-electron chi connectivity index (χ3n) is 2.77. The van der Waals surface area contributed by atoms with Crippen LogP contribution in [-0.4, -0.2) is 56.9 Å². The molecule has 1 fully saturated rings. The molecule has 2 heterocycles. The lowest BCUT2D eigenvalue weighted by molar-refractivity contribution is 0.0572. The van der Waals surface area contributed by atoms with E-state index in [9.17, 15) is 10.2 Å². The fourth-order valence-corrected chi connectivity index (χ4v) is 1.93. The van der Waals surface area contributed by atoms with Gasteiger partial charge in [0.2, 0.25) is 5.95 Å². The predicted octanol–water partition coefficient (Wildman–Crippen LogP) is -0.554. The predicted molar refractivity (Wildman–Crippen MR) is 63.5 cm³/mol. The van der Waals surface area contributed by atoms with Crippen LogP contribution in [0.25, 0.3) is 0 Å². The van der Waals surface area contributed by atoms with E-state index >= 15 is 0 Å². The molecule has 6 nitrogen and oxygen atoms in total. The number of nitrogens with zero attached hydrogens (tertiary/aromatic N) is 3. The van der Waals surface area contributed by atoms with Crippen molar-refractivity contribution in [1.82, 2.24) is 14.9 Å².